The van der Waals surface area contributed by atoms with E-state index < -0.39 is 0 Å². The molecule has 1 aliphatic heterocycles. The van der Waals surface area contributed by atoms with Crippen LogP contribution in [0, 0.1) is 6.92 Å². The van der Waals surface area contributed by atoms with Gasteiger partial charge in [-0.25, -0.2) is 4.98 Å². The number of likely N-dealkylation sites (tertiary alicyclic amines) is 1. The molecule has 0 unspecified atom stereocenters. The van der Waals surface area contributed by atoms with Crippen LogP contribution in [0.15, 0.2) is 35.3 Å². The van der Waals surface area contributed by atoms with Crippen LogP contribution in [0.5, 0.6) is 0 Å². The van der Waals surface area contributed by atoms with Crippen molar-refractivity contribution >= 4 is 17.3 Å². The number of guanidine groups is 1. The summed E-state index contributed by atoms with van der Waals surface area (Å²) in [6, 6.07) is 11.2. The van der Waals surface area contributed by atoms with Crippen molar-refractivity contribution in [3.05, 3.63) is 51.5 Å². The molecule has 0 radical (unpaired) electrons. The number of aromatic nitrogens is 1. The maximum atomic E-state index is 4.72. The predicted octanol–water partition coefficient (Wildman–Crippen LogP) is 3.39. The van der Waals surface area contributed by atoms with Crippen molar-refractivity contribution in [2.45, 2.75) is 52.1 Å². The monoisotopic (exact) mass is 399 g/mol. The fourth-order valence-corrected chi connectivity index (χ4v) is 4.70. The second kappa shape index (κ2) is 10.6. The Labute approximate surface area is 173 Å². The van der Waals surface area contributed by atoms with Crippen LogP contribution < -0.4 is 10.6 Å². The summed E-state index contributed by atoms with van der Waals surface area (Å²) in [5.74, 6) is 0.908. The van der Waals surface area contributed by atoms with Gasteiger partial charge in [-0.05, 0) is 31.7 Å². The molecule has 0 aliphatic carbocycles. The molecule has 6 heteroatoms. The summed E-state index contributed by atoms with van der Waals surface area (Å²) in [7, 11) is 1.85. The van der Waals surface area contributed by atoms with Gasteiger partial charge in [0.05, 0.1) is 10.7 Å². The van der Waals surface area contributed by atoms with Gasteiger partial charge in [-0.15, -0.1) is 11.3 Å². The molecule has 3 rings (SSSR count). The maximum absolute atomic E-state index is 4.72. The van der Waals surface area contributed by atoms with Crippen LogP contribution in [0.2, 0.25) is 0 Å². The summed E-state index contributed by atoms with van der Waals surface area (Å²) >= 11 is 1.82. The number of hydrogen-bond donors (Lipinski definition) is 2. The van der Waals surface area contributed by atoms with E-state index in [1.807, 2.05) is 18.4 Å². The van der Waals surface area contributed by atoms with E-state index in [1.165, 1.54) is 21.1 Å². The quantitative estimate of drug-likeness (QED) is 0.554. The number of nitrogens with zero attached hydrogens (tertiary/aromatic N) is 3. The summed E-state index contributed by atoms with van der Waals surface area (Å²) < 4.78 is 0. The van der Waals surface area contributed by atoms with Crippen molar-refractivity contribution in [2.75, 3.05) is 26.7 Å². The molecule has 0 atom stereocenters. The highest BCUT2D eigenvalue weighted by atomic mass is 32.1. The molecule has 0 saturated carbocycles. The number of benzene rings is 1. The van der Waals surface area contributed by atoms with Crippen molar-refractivity contribution in [3.8, 4) is 0 Å². The molecule has 2 heterocycles. The topological polar surface area (TPSA) is 52.6 Å². The highest BCUT2D eigenvalue weighted by molar-refractivity contribution is 7.11. The first-order valence-corrected chi connectivity index (χ1v) is 11.2. The summed E-state index contributed by atoms with van der Waals surface area (Å²) in [6.45, 7) is 8.50. The Balaban J connectivity index is 1.38. The van der Waals surface area contributed by atoms with Crippen molar-refractivity contribution in [2.24, 2.45) is 4.99 Å². The van der Waals surface area contributed by atoms with Gasteiger partial charge in [0.25, 0.3) is 0 Å². The molecule has 1 fully saturated rings. The van der Waals surface area contributed by atoms with Crippen molar-refractivity contribution in [1.82, 2.24) is 20.5 Å². The minimum atomic E-state index is 0.493. The van der Waals surface area contributed by atoms with Gasteiger partial charge in [-0.3, -0.25) is 9.89 Å². The van der Waals surface area contributed by atoms with Crippen LogP contribution in [0.1, 0.15) is 40.9 Å². The van der Waals surface area contributed by atoms with Gasteiger partial charge < -0.3 is 10.6 Å². The standard InChI is InChI=1S/C22H33N5S/c1-4-20-17(2)28-21(26-20)10-13-24-22(23-3)25-19-11-14-27(15-12-19)16-18-8-6-5-7-9-18/h5-9,19H,4,10-16H2,1-3H3,(H2,23,24,25). The van der Waals surface area contributed by atoms with E-state index >= 15 is 0 Å². The van der Waals surface area contributed by atoms with E-state index in [-0.39, 0.29) is 0 Å². The summed E-state index contributed by atoms with van der Waals surface area (Å²) in [4.78, 5) is 13.0. The third-order valence-corrected chi connectivity index (χ3v) is 6.38. The normalized spacial score (nSPS) is 16.3. The van der Waals surface area contributed by atoms with Gasteiger partial charge in [0.2, 0.25) is 0 Å². The zero-order valence-corrected chi connectivity index (χ0v) is 18.2. The van der Waals surface area contributed by atoms with E-state index in [0.29, 0.717) is 6.04 Å². The number of rotatable bonds is 7. The zero-order chi connectivity index (χ0) is 19.8. The van der Waals surface area contributed by atoms with Crippen LogP contribution in [-0.2, 0) is 19.4 Å². The Bertz CT molecular complexity index is 748. The maximum Gasteiger partial charge on any atom is 0.191 e. The molecular formula is C22H33N5S. The third-order valence-electron chi connectivity index (χ3n) is 5.30. The van der Waals surface area contributed by atoms with Gasteiger partial charge in [0.15, 0.2) is 5.96 Å². The molecule has 5 nitrogen and oxygen atoms in total. The number of piperidine rings is 1. The van der Waals surface area contributed by atoms with E-state index in [1.54, 1.807) is 0 Å². The molecule has 28 heavy (non-hydrogen) atoms. The van der Waals surface area contributed by atoms with E-state index in [4.69, 9.17) is 4.98 Å². The van der Waals surface area contributed by atoms with Crippen LogP contribution in [0.3, 0.4) is 0 Å². The average Bonchev–Trinajstić information content (AvgIpc) is 3.09. The van der Waals surface area contributed by atoms with Crippen LogP contribution in [-0.4, -0.2) is 48.6 Å². The Morgan fingerprint density at radius 3 is 2.64 bits per heavy atom. The lowest BCUT2D eigenvalue weighted by Gasteiger charge is -2.33. The lowest BCUT2D eigenvalue weighted by molar-refractivity contribution is 0.198. The molecule has 152 valence electrons. The molecule has 2 aromatic rings. The Hall–Kier alpha value is -1.92. The van der Waals surface area contributed by atoms with Gasteiger partial charge >= 0.3 is 0 Å². The number of hydrogen-bond acceptors (Lipinski definition) is 4. The highest BCUT2D eigenvalue weighted by Crippen LogP contribution is 2.18. The zero-order valence-electron chi connectivity index (χ0n) is 17.4. The first-order valence-electron chi connectivity index (χ1n) is 10.4. The number of aliphatic imine (C=N–C) groups is 1. The first-order chi connectivity index (χ1) is 13.7. The highest BCUT2D eigenvalue weighted by Gasteiger charge is 2.20. The van der Waals surface area contributed by atoms with Gasteiger partial charge in [-0.1, -0.05) is 37.3 Å². The summed E-state index contributed by atoms with van der Waals surface area (Å²) in [6.07, 6.45) is 4.27. The minimum absolute atomic E-state index is 0.493. The predicted molar refractivity (Wildman–Crippen MR) is 119 cm³/mol. The molecule has 1 aliphatic rings. The Kier molecular flexibility index (Phi) is 7.86. The van der Waals surface area contributed by atoms with Crippen LogP contribution in [0.4, 0.5) is 0 Å². The lowest BCUT2D eigenvalue weighted by Crippen LogP contribution is -2.48. The Morgan fingerprint density at radius 2 is 2.00 bits per heavy atom. The van der Waals surface area contributed by atoms with Gasteiger partial charge in [0.1, 0.15) is 0 Å². The molecule has 2 N–H and O–H groups in total. The smallest absolute Gasteiger partial charge is 0.191 e. The van der Waals surface area contributed by atoms with E-state index in [0.717, 1.165) is 57.8 Å². The minimum Gasteiger partial charge on any atom is -0.356 e. The summed E-state index contributed by atoms with van der Waals surface area (Å²) in [5.41, 5.74) is 2.64. The van der Waals surface area contributed by atoms with Crippen LogP contribution in [0.25, 0.3) is 0 Å². The molecule has 0 amide bonds. The number of aryl methyl sites for hydroxylation is 2. The first kappa shape index (κ1) is 20.8. The van der Waals surface area contributed by atoms with E-state index in [2.05, 4.69) is 64.7 Å². The van der Waals surface area contributed by atoms with Crippen molar-refractivity contribution < 1.29 is 0 Å². The van der Waals surface area contributed by atoms with Gasteiger partial charge in [0, 0.05) is 50.6 Å². The molecular weight excluding hydrogens is 366 g/mol. The number of thiazole rings is 1. The SMILES string of the molecule is CCc1nc(CCNC(=NC)NC2CCN(Cc3ccccc3)CC2)sc1C. The largest absolute Gasteiger partial charge is 0.356 e. The number of nitrogens with one attached hydrogen (secondary N) is 2. The van der Waals surface area contributed by atoms with E-state index in [9.17, 15) is 0 Å². The summed E-state index contributed by atoms with van der Waals surface area (Å²) in [5, 5.41) is 8.27. The van der Waals surface area contributed by atoms with Crippen molar-refractivity contribution in [1.29, 1.82) is 0 Å². The molecule has 0 bridgehead atoms. The van der Waals surface area contributed by atoms with Gasteiger partial charge in [-0.2, -0.15) is 0 Å². The Morgan fingerprint density at radius 1 is 1.25 bits per heavy atom. The third kappa shape index (κ3) is 6.04. The molecule has 1 aromatic carbocycles. The fraction of sp³-hybridized carbons (Fsp3) is 0.545. The van der Waals surface area contributed by atoms with Crippen LogP contribution >= 0.6 is 11.3 Å². The second-order valence-corrected chi connectivity index (χ2v) is 8.68. The van der Waals surface area contributed by atoms with Crippen molar-refractivity contribution in [3.63, 3.8) is 0 Å². The average molecular weight is 400 g/mol. The molecule has 0 spiro atoms. The second-order valence-electron chi connectivity index (χ2n) is 7.39. The molecule has 1 aromatic heterocycles. The lowest BCUT2D eigenvalue weighted by atomic mass is 10.0. The molecule has 1 saturated heterocycles. The fourth-order valence-electron chi connectivity index (χ4n) is 3.68.